The first-order chi connectivity index (χ1) is 13.9. The van der Waals surface area contributed by atoms with E-state index in [-0.39, 0.29) is 16.5 Å². The van der Waals surface area contributed by atoms with E-state index >= 15 is 0 Å². The van der Waals surface area contributed by atoms with Gasteiger partial charge in [-0.3, -0.25) is 13.9 Å². The molecule has 1 atom stereocenters. The van der Waals surface area contributed by atoms with Crippen molar-refractivity contribution >= 4 is 45.6 Å². The molecule has 0 bridgehead atoms. The number of hydrogen-bond acceptors (Lipinski definition) is 6. The van der Waals surface area contributed by atoms with Gasteiger partial charge in [-0.15, -0.1) is 23.1 Å². The summed E-state index contributed by atoms with van der Waals surface area (Å²) in [5, 5.41) is 3.40. The second kappa shape index (κ2) is 6.65. The first-order valence-electron chi connectivity index (χ1n) is 9.00. The Balaban J connectivity index is 1.96. The van der Waals surface area contributed by atoms with Crippen molar-refractivity contribution in [2.45, 2.75) is 18.7 Å². The van der Waals surface area contributed by atoms with E-state index in [0.717, 1.165) is 32.4 Å². The summed E-state index contributed by atoms with van der Waals surface area (Å²) in [6, 6.07) is 3.56. The van der Waals surface area contributed by atoms with Crippen LogP contribution in [0.5, 0.6) is 0 Å². The molecule has 0 N–H and O–H groups in total. The second-order valence-electron chi connectivity index (χ2n) is 7.00. The fourth-order valence-corrected chi connectivity index (χ4v) is 6.17. The summed E-state index contributed by atoms with van der Waals surface area (Å²) in [6.07, 6.45) is 0. The second-order valence-corrected chi connectivity index (χ2v) is 9.45. The molecule has 1 aliphatic heterocycles. The molecule has 0 spiro atoms. The molecule has 150 valence electrons. The van der Waals surface area contributed by atoms with Crippen LogP contribution in [0, 0.1) is 6.92 Å². The summed E-state index contributed by atoms with van der Waals surface area (Å²) < 4.78 is 10.6. The van der Waals surface area contributed by atoms with Crippen molar-refractivity contribution in [1.82, 2.24) is 18.7 Å². The number of aromatic nitrogens is 4. The van der Waals surface area contributed by atoms with Crippen LogP contribution >= 0.6 is 34.7 Å². The topological polar surface area (TPSA) is 75.0 Å². The number of fused-ring (bicyclic) bond motifs is 3. The zero-order valence-corrected chi connectivity index (χ0v) is 18.3. The highest BCUT2D eigenvalue weighted by molar-refractivity contribution is 7.99. The monoisotopic (exact) mass is 448 g/mol. The summed E-state index contributed by atoms with van der Waals surface area (Å²) in [5.41, 5.74) is 2.51. The molecule has 0 saturated carbocycles. The predicted octanol–water partition coefficient (Wildman–Crippen LogP) is 3.55. The number of aryl methyl sites for hydroxylation is 2. The molecule has 0 aliphatic carbocycles. The Bertz CT molecular complexity index is 1390. The maximum absolute atomic E-state index is 13.2. The van der Waals surface area contributed by atoms with Crippen LogP contribution in [0.2, 0.25) is 5.22 Å². The smallest absolute Gasteiger partial charge is 0.331 e. The molecule has 29 heavy (non-hydrogen) atoms. The Labute approximate surface area is 178 Å². The molecule has 1 aliphatic rings. The van der Waals surface area contributed by atoms with Gasteiger partial charge in [0, 0.05) is 37.5 Å². The lowest BCUT2D eigenvalue weighted by Crippen LogP contribution is -2.37. The van der Waals surface area contributed by atoms with Gasteiger partial charge in [0.1, 0.15) is 16.0 Å². The number of rotatable bonds is 2. The molecule has 5 heterocycles. The number of furan rings is 1. The maximum Gasteiger partial charge on any atom is 0.331 e. The molecule has 4 aromatic rings. The fourth-order valence-electron chi connectivity index (χ4n) is 3.95. The van der Waals surface area contributed by atoms with Crippen molar-refractivity contribution in [2.75, 3.05) is 5.75 Å². The van der Waals surface area contributed by atoms with Gasteiger partial charge in [0.2, 0.25) is 0 Å². The molecule has 0 fully saturated rings. The molecule has 0 radical (unpaired) electrons. The highest BCUT2D eigenvalue weighted by atomic mass is 35.5. The Hall–Kier alpha value is -2.23. The van der Waals surface area contributed by atoms with Crippen LogP contribution in [0.25, 0.3) is 21.6 Å². The summed E-state index contributed by atoms with van der Waals surface area (Å²) in [4.78, 5) is 30.6. The van der Waals surface area contributed by atoms with E-state index in [9.17, 15) is 9.59 Å². The minimum absolute atomic E-state index is 0.175. The van der Waals surface area contributed by atoms with Crippen molar-refractivity contribution in [2.24, 2.45) is 14.1 Å². The van der Waals surface area contributed by atoms with Gasteiger partial charge < -0.3 is 8.98 Å². The average Bonchev–Trinajstić information content (AvgIpc) is 3.41. The number of nitrogens with zero attached hydrogens (tertiary/aromatic N) is 4. The lowest BCUT2D eigenvalue weighted by Gasteiger charge is -2.24. The van der Waals surface area contributed by atoms with Crippen molar-refractivity contribution in [3.63, 3.8) is 0 Å². The maximum atomic E-state index is 13.2. The van der Waals surface area contributed by atoms with Crippen LogP contribution in [0.1, 0.15) is 22.4 Å². The largest absolute Gasteiger partial charge is 0.448 e. The molecular weight excluding hydrogens is 432 g/mol. The van der Waals surface area contributed by atoms with Crippen LogP contribution in [-0.2, 0) is 20.6 Å². The molecule has 0 aromatic carbocycles. The third-order valence-corrected chi connectivity index (χ3v) is 7.60. The first-order valence-corrected chi connectivity index (χ1v) is 11.3. The van der Waals surface area contributed by atoms with Crippen molar-refractivity contribution in [1.29, 1.82) is 0 Å². The molecule has 5 rings (SSSR count). The summed E-state index contributed by atoms with van der Waals surface area (Å²) in [6.45, 7) is 2.64. The van der Waals surface area contributed by atoms with Gasteiger partial charge in [0.25, 0.3) is 5.56 Å². The molecule has 4 aromatic heterocycles. The number of thiazole rings is 1. The van der Waals surface area contributed by atoms with Gasteiger partial charge in [-0.2, -0.15) is 0 Å². The van der Waals surface area contributed by atoms with Gasteiger partial charge >= 0.3 is 5.69 Å². The van der Waals surface area contributed by atoms with Crippen LogP contribution < -0.4 is 11.2 Å². The van der Waals surface area contributed by atoms with Gasteiger partial charge in [-0.05, 0) is 30.7 Å². The van der Waals surface area contributed by atoms with E-state index in [1.807, 2.05) is 18.4 Å². The normalized spacial score (nSPS) is 16.5. The summed E-state index contributed by atoms with van der Waals surface area (Å²) in [7, 11) is 3.21. The number of thioether (sulfide) groups is 1. The van der Waals surface area contributed by atoms with Gasteiger partial charge in [-0.1, -0.05) is 0 Å². The van der Waals surface area contributed by atoms with E-state index in [0.29, 0.717) is 28.4 Å². The Morgan fingerprint density at radius 3 is 2.69 bits per heavy atom. The molecule has 7 nitrogen and oxygen atoms in total. The Morgan fingerprint density at radius 1 is 1.24 bits per heavy atom. The van der Waals surface area contributed by atoms with Crippen LogP contribution in [0.3, 0.4) is 0 Å². The average molecular weight is 449 g/mol. The molecule has 0 amide bonds. The Morgan fingerprint density at radius 2 is 2.03 bits per heavy atom. The fraction of sp³-hybridized carbons (Fsp3) is 0.316. The quantitative estimate of drug-likeness (QED) is 0.468. The minimum Gasteiger partial charge on any atom is -0.448 e. The molecule has 0 saturated heterocycles. The highest BCUT2D eigenvalue weighted by Gasteiger charge is 2.34. The zero-order valence-electron chi connectivity index (χ0n) is 15.9. The molecule has 1 unspecified atom stereocenters. The minimum atomic E-state index is -0.357. The van der Waals surface area contributed by atoms with Crippen molar-refractivity contribution in [3.8, 4) is 10.7 Å². The standard InChI is InChI=1S/C19H17ClN4O3S2/c1-9-8-29-17(21-9)14-12-13(22(2)19(26)23(3)18(12)25)15-16(28-7-6-24(14)15)10-4-5-11(20)27-10/h4-5,8,16H,6-7H2,1-3H3. The molecular formula is C19H17ClN4O3S2. The van der Waals surface area contributed by atoms with E-state index in [1.165, 1.54) is 18.4 Å². The number of hydrogen-bond donors (Lipinski definition) is 0. The molecule has 10 heteroatoms. The van der Waals surface area contributed by atoms with E-state index in [4.69, 9.17) is 16.0 Å². The van der Waals surface area contributed by atoms with E-state index in [2.05, 4.69) is 9.55 Å². The SMILES string of the molecule is Cc1csc(-c2c3c(=O)n(C)c(=O)n(C)c3c3n2CCSC3c2ccc(Cl)o2)n1. The van der Waals surface area contributed by atoms with Crippen molar-refractivity contribution in [3.05, 3.63) is 60.7 Å². The van der Waals surface area contributed by atoms with Crippen molar-refractivity contribution < 1.29 is 4.42 Å². The summed E-state index contributed by atoms with van der Waals surface area (Å²) >= 11 is 9.24. The predicted molar refractivity (Wildman–Crippen MR) is 116 cm³/mol. The van der Waals surface area contributed by atoms with E-state index in [1.54, 1.807) is 29.4 Å². The zero-order chi connectivity index (χ0) is 20.4. The summed E-state index contributed by atoms with van der Waals surface area (Å²) in [5.74, 6) is 1.54. The van der Waals surface area contributed by atoms with Crippen LogP contribution in [-0.4, -0.2) is 24.4 Å². The van der Waals surface area contributed by atoms with E-state index < -0.39 is 0 Å². The Kier molecular flexibility index (Phi) is 4.30. The number of halogens is 1. The first kappa shape index (κ1) is 18.8. The highest BCUT2D eigenvalue weighted by Crippen LogP contribution is 2.46. The van der Waals surface area contributed by atoms with Gasteiger partial charge in [-0.25, -0.2) is 9.78 Å². The van der Waals surface area contributed by atoms with Gasteiger partial charge in [0.15, 0.2) is 5.22 Å². The van der Waals surface area contributed by atoms with Gasteiger partial charge in [0.05, 0.1) is 22.3 Å². The van der Waals surface area contributed by atoms with Crippen LogP contribution in [0.4, 0.5) is 0 Å². The van der Waals surface area contributed by atoms with Crippen LogP contribution in [0.15, 0.2) is 31.5 Å². The third-order valence-electron chi connectivity index (χ3n) is 5.23. The lowest BCUT2D eigenvalue weighted by atomic mass is 10.2. The third kappa shape index (κ3) is 2.68. The lowest BCUT2D eigenvalue weighted by molar-refractivity contribution is 0.511.